The summed E-state index contributed by atoms with van der Waals surface area (Å²) in [4.78, 5) is 24.2. The molecule has 0 saturated heterocycles. The molecule has 140 valence electrons. The number of carbonyl (C=O) groups is 2. The van der Waals surface area contributed by atoms with Gasteiger partial charge in [0.05, 0.1) is 17.3 Å². The first-order valence-electron chi connectivity index (χ1n) is 8.50. The third kappa shape index (κ3) is 5.14. The van der Waals surface area contributed by atoms with E-state index in [2.05, 4.69) is 26.5 Å². The third-order valence-electron chi connectivity index (χ3n) is 3.88. The first-order valence-corrected chi connectivity index (χ1v) is 9.29. The van der Waals surface area contributed by atoms with E-state index >= 15 is 0 Å². The third-order valence-corrected chi connectivity index (χ3v) is 4.57. The molecule has 0 aliphatic carbocycles. The summed E-state index contributed by atoms with van der Waals surface area (Å²) in [5, 5.41) is 3.95. The molecule has 0 spiro atoms. The van der Waals surface area contributed by atoms with E-state index in [1.807, 2.05) is 25.1 Å². The first-order chi connectivity index (χ1) is 13.5. The second-order valence-electron chi connectivity index (χ2n) is 6.00. The molecule has 3 aromatic rings. The van der Waals surface area contributed by atoms with E-state index in [4.69, 9.17) is 4.74 Å². The standard InChI is InChI=1S/C22H17BrN2O3/c1-15-6-10-17(11-7-15)22(27)28-18-12-8-16(9-13-18)14-24-25-21(26)19-4-2-3-5-20(19)23/h2-14H,1H3,(H,25,26). The Morgan fingerprint density at radius 2 is 1.64 bits per heavy atom. The number of carbonyl (C=O) groups excluding carboxylic acids is 2. The first kappa shape index (κ1) is 19.5. The molecule has 6 heteroatoms. The number of nitrogens with one attached hydrogen (secondary N) is 1. The summed E-state index contributed by atoms with van der Waals surface area (Å²) in [5.74, 6) is -0.297. The molecule has 5 nitrogen and oxygen atoms in total. The molecule has 3 rings (SSSR count). The number of hydrazone groups is 1. The zero-order chi connectivity index (χ0) is 19.9. The molecular formula is C22H17BrN2O3. The Morgan fingerprint density at radius 3 is 2.32 bits per heavy atom. The zero-order valence-electron chi connectivity index (χ0n) is 15.1. The van der Waals surface area contributed by atoms with Crippen LogP contribution in [0.4, 0.5) is 0 Å². The molecule has 0 fully saturated rings. The summed E-state index contributed by atoms with van der Waals surface area (Å²) in [7, 11) is 0. The molecule has 1 N–H and O–H groups in total. The molecule has 0 radical (unpaired) electrons. The van der Waals surface area contributed by atoms with Crippen LogP contribution in [0, 0.1) is 6.92 Å². The number of halogens is 1. The Bertz CT molecular complexity index is 1010. The van der Waals surface area contributed by atoms with Gasteiger partial charge in [0, 0.05) is 4.47 Å². The number of rotatable bonds is 5. The number of esters is 1. The Kier molecular flexibility index (Phi) is 6.34. The minimum absolute atomic E-state index is 0.313. The minimum atomic E-state index is -0.415. The fourth-order valence-corrected chi connectivity index (χ4v) is 2.81. The van der Waals surface area contributed by atoms with Crippen LogP contribution in [0.15, 0.2) is 82.4 Å². The summed E-state index contributed by atoms with van der Waals surface area (Å²) in [6.45, 7) is 1.95. The van der Waals surface area contributed by atoms with E-state index in [9.17, 15) is 9.59 Å². The number of ether oxygens (including phenoxy) is 1. The Balaban J connectivity index is 1.57. The maximum absolute atomic E-state index is 12.1. The normalized spacial score (nSPS) is 10.6. The monoisotopic (exact) mass is 436 g/mol. The predicted octanol–water partition coefficient (Wildman–Crippen LogP) is 4.74. The molecule has 3 aromatic carbocycles. The van der Waals surface area contributed by atoms with Crippen LogP contribution in [0.5, 0.6) is 5.75 Å². The van der Waals surface area contributed by atoms with Crippen LogP contribution in [0.25, 0.3) is 0 Å². The van der Waals surface area contributed by atoms with Crippen LogP contribution in [-0.2, 0) is 0 Å². The molecule has 0 atom stereocenters. The molecule has 0 aliphatic heterocycles. The van der Waals surface area contributed by atoms with Gasteiger partial charge in [0.1, 0.15) is 5.75 Å². The number of amides is 1. The van der Waals surface area contributed by atoms with Gasteiger partial charge in [-0.05, 0) is 76.9 Å². The fourth-order valence-electron chi connectivity index (χ4n) is 2.35. The zero-order valence-corrected chi connectivity index (χ0v) is 16.6. The van der Waals surface area contributed by atoms with Gasteiger partial charge in [0.15, 0.2) is 0 Å². The van der Waals surface area contributed by atoms with E-state index in [0.717, 1.165) is 11.1 Å². The van der Waals surface area contributed by atoms with Crippen molar-refractivity contribution in [1.29, 1.82) is 0 Å². The summed E-state index contributed by atoms with van der Waals surface area (Å²) in [6, 6.07) is 21.1. The summed E-state index contributed by atoms with van der Waals surface area (Å²) in [6.07, 6.45) is 1.51. The van der Waals surface area contributed by atoms with Gasteiger partial charge in [-0.2, -0.15) is 5.10 Å². The van der Waals surface area contributed by atoms with Crippen molar-refractivity contribution in [3.63, 3.8) is 0 Å². The topological polar surface area (TPSA) is 67.8 Å². The van der Waals surface area contributed by atoms with Crippen LogP contribution in [-0.4, -0.2) is 18.1 Å². The Labute approximate surface area is 171 Å². The van der Waals surface area contributed by atoms with Crippen molar-refractivity contribution in [2.75, 3.05) is 0 Å². The van der Waals surface area contributed by atoms with E-state index < -0.39 is 5.97 Å². The van der Waals surface area contributed by atoms with Gasteiger partial charge in [0.25, 0.3) is 5.91 Å². The average molecular weight is 437 g/mol. The number of hydrogen-bond donors (Lipinski definition) is 1. The second-order valence-corrected chi connectivity index (χ2v) is 6.86. The highest BCUT2D eigenvalue weighted by Gasteiger charge is 2.09. The second kappa shape index (κ2) is 9.10. The molecule has 0 saturated carbocycles. The van der Waals surface area contributed by atoms with Gasteiger partial charge >= 0.3 is 5.97 Å². The van der Waals surface area contributed by atoms with Crippen LogP contribution < -0.4 is 10.2 Å². The van der Waals surface area contributed by atoms with Gasteiger partial charge in [-0.25, -0.2) is 10.2 Å². The van der Waals surface area contributed by atoms with E-state index in [1.54, 1.807) is 54.6 Å². The maximum atomic E-state index is 12.1. The Hall–Kier alpha value is -3.25. The highest BCUT2D eigenvalue weighted by Crippen LogP contribution is 2.16. The lowest BCUT2D eigenvalue weighted by atomic mass is 10.1. The van der Waals surface area contributed by atoms with Crippen LogP contribution >= 0.6 is 15.9 Å². The molecule has 28 heavy (non-hydrogen) atoms. The average Bonchev–Trinajstić information content (AvgIpc) is 2.70. The maximum Gasteiger partial charge on any atom is 0.343 e. The quantitative estimate of drug-likeness (QED) is 0.271. The van der Waals surface area contributed by atoms with E-state index in [0.29, 0.717) is 21.3 Å². The van der Waals surface area contributed by atoms with Crippen molar-refractivity contribution in [3.8, 4) is 5.75 Å². The highest BCUT2D eigenvalue weighted by atomic mass is 79.9. The molecule has 0 bridgehead atoms. The lowest BCUT2D eigenvalue weighted by Crippen LogP contribution is -2.18. The van der Waals surface area contributed by atoms with Crippen molar-refractivity contribution < 1.29 is 14.3 Å². The van der Waals surface area contributed by atoms with Crippen molar-refractivity contribution in [3.05, 3.63) is 99.5 Å². The number of nitrogens with zero attached hydrogens (tertiary/aromatic N) is 1. The molecule has 0 aliphatic rings. The summed E-state index contributed by atoms with van der Waals surface area (Å²) < 4.78 is 6.05. The van der Waals surface area contributed by atoms with Gasteiger partial charge in [-0.3, -0.25) is 4.79 Å². The predicted molar refractivity (Wildman–Crippen MR) is 112 cm³/mol. The Morgan fingerprint density at radius 1 is 0.964 bits per heavy atom. The minimum Gasteiger partial charge on any atom is -0.423 e. The SMILES string of the molecule is Cc1ccc(C(=O)Oc2ccc(C=NNC(=O)c3ccccc3Br)cc2)cc1. The molecule has 0 unspecified atom stereocenters. The number of benzene rings is 3. The van der Waals surface area contributed by atoms with Gasteiger partial charge < -0.3 is 4.74 Å². The van der Waals surface area contributed by atoms with Crippen molar-refractivity contribution in [2.24, 2.45) is 5.10 Å². The van der Waals surface area contributed by atoms with E-state index in [-0.39, 0.29) is 5.91 Å². The smallest absolute Gasteiger partial charge is 0.343 e. The van der Waals surface area contributed by atoms with Gasteiger partial charge in [-0.1, -0.05) is 29.8 Å². The number of aryl methyl sites for hydroxylation is 1. The van der Waals surface area contributed by atoms with Crippen molar-refractivity contribution in [1.82, 2.24) is 5.43 Å². The lowest BCUT2D eigenvalue weighted by Gasteiger charge is -2.05. The number of hydrogen-bond acceptors (Lipinski definition) is 4. The van der Waals surface area contributed by atoms with Crippen molar-refractivity contribution in [2.45, 2.75) is 6.92 Å². The molecule has 1 amide bonds. The van der Waals surface area contributed by atoms with Gasteiger partial charge in [-0.15, -0.1) is 0 Å². The summed E-state index contributed by atoms with van der Waals surface area (Å²) in [5.41, 5.74) is 5.29. The largest absolute Gasteiger partial charge is 0.423 e. The highest BCUT2D eigenvalue weighted by molar-refractivity contribution is 9.10. The van der Waals surface area contributed by atoms with Crippen LogP contribution in [0.1, 0.15) is 31.8 Å². The van der Waals surface area contributed by atoms with Crippen LogP contribution in [0.2, 0.25) is 0 Å². The molecule has 0 heterocycles. The molecular weight excluding hydrogens is 420 g/mol. The van der Waals surface area contributed by atoms with Crippen molar-refractivity contribution >= 4 is 34.0 Å². The van der Waals surface area contributed by atoms with E-state index in [1.165, 1.54) is 6.21 Å². The summed E-state index contributed by atoms with van der Waals surface area (Å²) >= 11 is 3.33. The fraction of sp³-hybridized carbons (Fsp3) is 0.0455. The van der Waals surface area contributed by atoms with Gasteiger partial charge in [0.2, 0.25) is 0 Å². The van der Waals surface area contributed by atoms with Crippen LogP contribution in [0.3, 0.4) is 0 Å². The lowest BCUT2D eigenvalue weighted by molar-refractivity contribution is 0.0734. The molecule has 0 aromatic heterocycles.